The predicted molar refractivity (Wildman–Crippen MR) is 104 cm³/mol. The maximum atomic E-state index is 12.3. The number of hydrogen-bond acceptors (Lipinski definition) is 4. The highest BCUT2D eigenvalue weighted by molar-refractivity contribution is 6.31. The largest absolute Gasteiger partial charge is 0.457 e. The fourth-order valence-electron chi connectivity index (χ4n) is 3.03. The number of nitrogens with zero attached hydrogens (tertiary/aromatic N) is 1. The normalized spacial score (nSPS) is 14.6. The summed E-state index contributed by atoms with van der Waals surface area (Å²) in [6, 6.07) is 14.3. The number of amides is 1. The van der Waals surface area contributed by atoms with E-state index in [0.717, 1.165) is 10.9 Å². The van der Waals surface area contributed by atoms with Crippen LogP contribution >= 0.6 is 11.6 Å². The van der Waals surface area contributed by atoms with Gasteiger partial charge in [-0.1, -0.05) is 11.6 Å². The second-order valence-electron chi connectivity index (χ2n) is 6.69. The number of ketones is 1. The number of anilines is 1. The van der Waals surface area contributed by atoms with Gasteiger partial charge < -0.3 is 10.1 Å². The van der Waals surface area contributed by atoms with Crippen molar-refractivity contribution in [1.82, 2.24) is 4.98 Å². The topological polar surface area (TPSA) is 68.3 Å². The quantitative estimate of drug-likeness (QED) is 0.633. The van der Waals surface area contributed by atoms with E-state index < -0.39 is 5.41 Å². The van der Waals surface area contributed by atoms with E-state index in [2.05, 4.69) is 10.3 Å². The molecule has 136 valence electrons. The third-order valence-electron chi connectivity index (χ3n) is 4.86. The van der Waals surface area contributed by atoms with Crippen molar-refractivity contribution in [3.8, 4) is 11.5 Å². The second-order valence-corrected chi connectivity index (χ2v) is 7.13. The van der Waals surface area contributed by atoms with Crippen molar-refractivity contribution in [2.75, 3.05) is 5.32 Å². The molecule has 0 radical (unpaired) electrons. The lowest BCUT2D eigenvalue weighted by molar-refractivity contribution is -0.131. The van der Waals surface area contributed by atoms with Gasteiger partial charge in [0.25, 0.3) is 0 Å². The van der Waals surface area contributed by atoms with Gasteiger partial charge in [0.2, 0.25) is 5.91 Å². The SMILES string of the molecule is CC(=O)C1(C(=O)Nc2ccc(Oc3ccnc4cc(Cl)ccc34)cc2)CC1. The van der Waals surface area contributed by atoms with Crippen LogP contribution in [0.15, 0.2) is 54.7 Å². The molecule has 1 aliphatic rings. The van der Waals surface area contributed by atoms with Crippen molar-refractivity contribution in [3.05, 3.63) is 59.8 Å². The molecule has 1 aliphatic carbocycles. The number of halogens is 1. The highest BCUT2D eigenvalue weighted by Crippen LogP contribution is 2.47. The van der Waals surface area contributed by atoms with E-state index in [9.17, 15) is 9.59 Å². The molecule has 0 unspecified atom stereocenters. The molecule has 6 heteroatoms. The Morgan fingerprint density at radius 3 is 2.52 bits per heavy atom. The number of aromatic nitrogens is 1. The second kappa shape index (κ2) is 6.67. The number of benzene rings is 2. The molecule has 3 aromatic rings. The van der Waals surface area contributed by atoms with Gasteiger partial charge in [0.05, 0.1) is 5.52 Å². The number of nitrogens with one attached hydrogen (secondary N) is 1. The van der Waals surface area contributed by atoms with Crippen molar-refractivity contribution in [2.45, 2.75) is 19.8 Å². The lowest BCUT2D eigenvalue weighted by Crippen LogP contribution is -2.29. The molecule has 1 heterocycles. The minimum Gasteiger partial charge on any atom is -0.457 e. The van der Waals surface area contributed by atoms with Gasteiger partial charge in [0.15, 0.2) is 0 Å². The van der Waals surface area contributed by atoms with Crippen LogP contribution in [-0.4, -0.2) is 16.7 Å². The number of carbonyl (C=O) groups excluding carboxylic acids is 2. The van der Waals surface area contributed by atoms with E-state index in [-0.39, 0.29) is 11.7 Å². The molecule has 4 rings (SSSR count). The number of Topliss-reactive ketones (excluding diaryl/α,β-unsaturated/α-hetero) is 1. The number of hydrogen-bond donors (Lipinski definition) is 1. The molecule has 1 saturated carbocycles. The summed E-state index contributed by atoms with van der Waals surface area (Å²) in [5.41, 5.74) is 0.556. The van der Waals surface area contributed by atoms with Gasteiger partial charge in [-0.25, -0.2) is 0 Å². The van der Waals surface area contributed by atoms with Gasteiger partial charge in [-0.2, -0.15) is 0 Å². The zero-order valence-corrected chi connectivity index (χ0v) is 15.4. The summed E-state index contributed by atoms with van der Waals surface area (Å²) in [5.74, 6) is 0.982. The predicted octanol–water partition coefficient (Wildman–Crippen LogP) is 4.99. The highest BCUT2D eigenvalue weighted by Gasteiger charge is 2.54. The molecule has 0 saturated heterocycles. The van der Waals surface area contributed by atoms with Crippen LogP contribution in [-0.2, 0) is 9.59 Å². The van der Waals surface area contributed by atoms with Crippen molar-refractivity contribution in [2.24, 2.45) is 5.41 Å². The molecule has 0 atom stereocenters. The van der Waals surface area contributed by atoms with Crippen LogP contribution in [0, 0.1) is 5.41 Å². The minimum absolute atomic E-state index is 0.0791. The summed E-state index contributed by atoms with van der Waals surface area (Å²) in [6.07, 6.45) is 2.91. The number of rotatable bonds is 5. The summed E-state index contributed by atoms with van der Waals surface area (Å²) >= 11 is 6.01. The van der Waals surface area contributed by atoms with Crippen molar-refractivity contribution in [1.29, 1.82) is 0 Å². The van der Waals surface area contributed by atoms with E-state index in [0.29, 0.717) is 35.1 Å². The van der Waals surface area contributed by atoms with Crippen molar-refractivity contribution < 1.29 is 14.3 Å². The third-order valence-corrected chi connectivity index (χ3v) is 5.10. The fourth-order valence-corrected chi connectivity index (χ4v) is 3.20. The summed E-state index contributed by atoms with van der Waals surface area (Å²) < 4.78 is 5.96. The van der Waals surface area contributed by atoms with Crippen LogP contribution in [0.25, 0.3) is 10.9 Å². The Labute approximate surface area is 161 Å². The Kier molecular flexibility index (Phi) is 4.32. The van der Waals surface area contributed by atoms with Gasteiger partial charge in [0.1, 0.15) is 22.7 Å². The monoisotopic (exact) mass is 380 g/mol. The average Bonchev–Trinajstić information content (AvgIpc) is 3.45. The van der Waals surface area contributed by atoms with Crippen LogP contribution in [0.4, 0.5) is 5.69 Å². The molecule has 1 aromatic heterocycles. The first-order valence-electron chi connectivity index (χ1n) is 8.63. The molecule has 1 amide bonds. The van der Waals surface area contributed by atoms with Crippen LogP contribution in [0.1, 0.15) is 19.8 Å². The van der Waals surface area contributed by atoms with Crippen LogP contribution in [0.2, 0.25) is 5.02 Å². The van der Waals surface area contributed by atoms with Crippen LogP contribution < -0.4 is 10.1 Å². The Hall–Kier alpha value is -2.92. The smallest absolute Gasteiger partial charge is 0.238 e. The highest BCUT2D eigenvalue weighted by atomic mass is 35.5. The number of pyridine rings is 1. The molecular formula is C21H17ClN2O3. The Morgan fingerprint density at radius 1 is 1.11 bits per heavy atom. The summed E-state index contributed by atoms with van der Waals surface area (Å²) in [5, 5.41) is 4.29. The molecule has 1 fully saturated rings. The molecule has 5 nitrogen and oxygen atoms in total. The lowest BCUT2D eigenvalue weighted by Gasteiger charge is -2.13. The Morgan fingerprint density at radius 2 is 1.85 bits per heavy atom. The first kappa shape index (κ1) is 17.5. The van der Waals surface area contributed by atoms with Gasteiger partial charge in [0, 0.05) is 22.3 Å². The summed E-state index contributed by atoms with van der Waals surface area (Å²) in [6.45, 7) is 1.47. The third kappa shape index (κ3) is 3.38. The number of fused-ring (bicyclic) bond motifs is 1. The minimum atomic E-state index is -0.827. The zero-order valence-electron chi connectivity index (χ0n) is 14.7. The summed E-state index contributed by atoms with van der Waals surface area (Å²) in [7, 11) is 0. The first-order chi connectivity index (χ1) is 13.0. The molecule has 27 heavy (non-hydrogen) atoms. The maximum absolute atomic E-state index is 12.3. The van der Waals surface area contributed by atoms with Gasteiger partial charge in [-0.3, -0.25) is 14.6 Å². The van der Waals surface area contributed by atoms with Crippen molar-refractivity contribution >= 4 is 39.9 Å². The van der Waals surface area contributed by atoms with E-state index in [1.807, 2.05) is 6.07 Å². The number of carbonyl (C=O) groups is 2. The van der Waals surface area contributed by atoms with E-state index >= 15 is 0 Å². The van der Waals surface area contributed by atoms with E-state index in [1.54, 1.807) is 48.7 Å². The van der Waals surface area contributed by atoms with E-state index in [4.69, 9.17) is 16.3 Å². The maximum Gasteiger partial charge on any atom is 0.238 e. The van der Waals surface area contributed by atoms with Crippen molar-refractivity contribution in [3.63, 3.8) is 0 Å². The fraction of sp³-hybridized carbons (Fsp3) is 0.190. The van der Waals surface area contributed by atoms with E-state index in [1.165, 1.54) is 6.92 Å². The molecule has 0 spiro atoms. The van der Waals surface area contributed by atoms with Gasteiger partial charge in [-0.15, -0.1) is 0 Å². The molecule has 1 N–H and O–H groups in total. The lowest BCUT2D eigenvalue weighted by atomic mass is 10.0. The average molecular weight is 381 g/mol. The standard InChI is InChI=1S/C21H17ClN2O3/c1-13(25)21(9-10-21)20(26)24-15-3-5-16(6-4-15)27-19-8-11-23-18-12-14(22)2-7-17(18)19/h2-8,11-12H,9-10H2,1H3,(H,24,26). The van der Waals surface area contributed by atoms with Gasteiger partial charge >= 0.3 is 0 Å². The summed E-state index contributed by atoms with van der Waals surface area (Å²) in [4.78, 5) is 28.3. The van der Waals surface area contributed by atoms with Crippen LogP contribution in [0.3, 0.4) is 0 Å². The van der Waals surface area contributed by atoms with Gasteiger partial charge in [-0.05, 0) is 68.3 Å². The Bertz CT molecular complexity index is 1040. The van der Waals surface area contributed by atoms with Crippen LogP contribution in [0.5, 0.6) is 11.5 Å². The molecule has 0 aliphatic heterocycles. The number of ether oxygens (including phenoxy) is 1. The zero-order chi connectivity index (χ0) is 19.0. The Balaban J connectivity index is 1.50. The molecule has 0 bridgehead atoms. The molecular weight excluding hydrogens is 364 g/mol. The molecule has 2 aromatic carbocycles. The first-order valence-corrected chi connectivity index (χ1v) is 9.00.